The zero-order valence-electron chi connectivity index (χ0n) is 20.3. The van der Waals surface area contributed by atoms with Crippen LogP contribution in [0.15, 0.2) is 9.67 Å². The minimum atomic E-state index is -2.80. The Labute approximate surface area is 183 Å². The third kappa shape index (κ3) is 7.29. The number of unbranched alkanes of at least 4 members (excludes halogenated alkanes) is 3. The molecule has 1 aliphatic heterocycles. The topological polar surface area (TPSA) is 46.6 Å². The van der Waals surface area contributed by atoms with E-state index in [0.717, 1.165) is 0 Å². The SMILES string of the molecule is CCC[CH2][Sn]([CH2]CCC)([CH2]CCC)[C]1=CC(=O)N(C(=O)OC(C)(C)C)[C@H]1C(C)C. The van der Waals surface area contributed by atoms with Gasteiger partial charge in [-0.05, 0) is 0 Å². The fraction of sp³-hybridized carbons (Fsp3) is 0.833. The van der Waals surface area contributed by atoms with E-state index in [-0.39, 0.29) is 17.9 Å². The fourth-order valence-corrected chi connectivity index (χ4v) is 22.3. The van der Waals surface area contributed by atoms with Crippen molar-refractivity contribution in [1.82, 2.24) is 4.90 Å². The van der Waals surface area contributed by atoms with Gasteiger partial charge in [0, 0.05) is 0 Å². The summed E-state index contributed by atoms with van der Waals surface area (Å²) in [6.07, 6.45) is 8.71. The number of amides is 2. The van der Waals surface area contributed by atoms with Crippen LogP contribution < -0.4 is 0 Å². The number of hydrogen-bond acceptors (Lipinski definition) is 3. The van der Waals surface area contributed by atoms with E-state index < -0.39 is 30.1 Å². The Bertz CT molecular complexity index is 555. The molecule has 0 aromatic heterocycles. The number of rotatable bonds is 11. The number of nitrogens with zero attached hydrogens (tertiary/aromatic N) is 1. The van der Waals surface area contributed by atoms with Crippen LogP contribution in [0.1, 0.15) is 93.9 Å². The molecule has 0 radical (unpaired) electrons. The maximum absolute atomic E-state index is 13.1. The van der Waals surface area contributed by atoms with Gasteiger partial charge in [0.05, 0.1) is 0 Å². The van der Waals surface area contributed by atoms with Gasteiger partial charge in [-0.2, -0.15) is 0 Å². The van der Waals surface area contributed by atoms with Gasteiger partial charge < -0.3 is 0 Å². The van der Waals surface area contributed by atoms with Crippen molar-refractivity contribution in [3.63, 3.8) is 0 Å². The van der Waals surface area contributed by atoms with Crippen LogP contribution >= 0.6 is 0 Å². The molecule has 0 unspecified atom stereocenters. The van der Waals surface area contributed by atoms with Crippen LogP contribution in [-0.2, 0) is 9.53 Å². The molecule has 4 nitrogen and oxygen atoms in total. The van der Waals surface area contributed by atoms with Gasteiger partial charge in [-0.1, -0.05) is 0 Å². The fourth-order valence-electron chi connectivity index (χ4n) is 4.56. The summed E-state index contributed by atoms with van der Waals surface area (Å²) in [5.74, 6) is 0.0553. The summed E-state index contributed by atoms with van der Waals surface area (Å²) in [5.41, 5.74) is -0.603. The number of hydrogen-bond donors (Lipinski definition) is 0. The number of imide groups is 1. The van der Waals surface area contributed by atoms with Crippen LogP contribution in [0.25, 0.3) is 0 Å². The van der Waals surface area contributed by atoms with Gasteiger partial charge in [0.15, 0.2) is 0 Å². The van der Waals surface area contributed by atoms with E-state index in [4.69, 9.17) is 4.74 Å². The summed E-state index contributed by atoms with van der Waals surface area (Å²) in [4.78, 5) is 27.5. The molecule has 0 aromatic carbocycles. The maximum atomic E-state index is 13.1. The molecule has 168 valence electrons. The average molecular weight is 514 g/mol. The second-order valence-corrected chi connectivity index (χ2v) is 23.3. The van der Waals surface area contributed by atoms with Crippen LogP contribution in [0.2, 0.25) is 13.3 Å². The summed E-state index contributed by atoms with van der Waals surface area (Å²) >= 11 is -2.80. The van der Waals surface area contributed by atoms with Gasteiger partial charge in [0.25, 0.3) is 0 Å². The predicted octanol–water partition coefficient (Wildman–Crippen LogP) is 7.10. The molecule has 1 rings (SSSR count). The number of ether oxygens (including phenoxy) is 1. The molecular weight excluding hydrogens is 469 g/mol. The Kier molecular flexibility index (Phi) is 10.8. The van der Waals surface area contributed by atoms with Crippen molar-refractivity contribution < 1.29 is 14.3 Å². The van der Waals surface area contributed by atoms with E-state index in [2.05, 4.69) is 34.6 Å². The first-order valence-corrected chi connectivity index (χ1v) is 19.3. The molecular formula is C24H45NO3Sn. The number of carbonyl (C=O) groups is 2. The molecule has 0 fully saturated rings. The van der Waals surface area contributed by atoms with Crippen LogP contribution in [0.3, 0.4) is 0 Å². The van der Waals surface area contributed by atoms with E-state index in [9.17, 15) is 9.59 Å². The Balaban J connectivity index is 3.38. The van der Waals surface area contributed by atoms with Crippen LogP contribution in [0, 0.1) is 5.92 Å². The van der Waals surface area contributed by atoms with Gasteiger partial charge in [0.1, 0.15) is 0 Å². The van der Waals surface area contributed by atoms with Crippen molar-refractivity contribution in [2.75, 3.05) is 0 Å². The molecule has 0 saturated heterocycles. The van der Waals surface area contributed by atoms with Gasteiger partial charge in [0.2, 0.25) is 0 Å². The second-order valence-electron chi connectivity index (χ2n) is 10.1. The van der Waals surface area contributed by atoms with Gasteiger partial charge in [-0.15, -0.1) is 0 Å². The number of carbonyl (C=O) groups excluding carboxylic acids is 2. The first kappa shape index (κ1) is 26.5. The summed E-state index contributed by atoms with van der Waals surface area (Å²) in [7, 11) is 0. The zero-order valence-corrected chi connectivity index (χ0v) is 23.1. The van der Waals surface area contributed by atoms with Crippen molar-refractivity contribution in [2.45, 2.75) is 119 Å². The molecule has 0 aliphatic carbocycles. The van der Waals surface area contributed by atoms with E-state index >= 15 is 0 Å². The summed E-state index contributed by atoms with van der Waals surface area (Å²) in [6, 6.07) is -0.112. The molecule has 2 amide bonds. The Morgan fingerprint density at radius 1 is 1.03 bits per heavy atom. The molecule has 0 aromatic rings. The summed E-state index contributed by atoms with van der Waals surface area (Å²) < 4.78 is 10.9. The first-order chi connectivity index (χ1) is 13.5. The van der Waals surface area contributed by atoms with E-state index in [1.54, 1.807) is 0 Å². The van der Waals surface area contributed by atoms with E-state index in [1.807, 2.05) is 26.8 Å². The third-order valence-corrected chi connectivity index (χ3v) is 21.9. The molecule has 29 heavy (non-hydrogen) atoms. The Morgan fingerprint density at radius 2 is 1.48 bits per heavy atom. The Morgan fingerprint density at radius 3 is 1.83 bits per heavy atom. The predicted molar refractivity (Wildman–Crippen MR) is 125 cm³/mol. The van der Waals surface area contributed by atoms with Gasteiger partial charge in [-0.25, -0.2) is 0 Å². The summed E-state index contributed by atoms with van der Waals surface area (Å²) in [5, 5.41) is 0. The molecule has 0 N–H and O–H groups in total. The van der Waals surface area contributed by atoms with Crippen LogP contribution in [0.5, 0.6) is 0 Å². The molecule has 1 heterocycles. The molecule has 0 spiro atoms. The minimum absolute atomic E-state index is 0.112. The monoisotopic (exact) mass is 515 g/mol. The molecule has 5 heteroatoms. The molecule has 0 saturated carbocycles. The van der Waals surface area contributed by atoms with Crippen molar-refractivity contribution in [1.29, 1.82) is 0 Å². The van der Waals surface area contributed by atoms with Crippen molar-refractivity contribution in [3.05, 3.63) is 9.67 Å². The molecule has 0 bridgehead atoms. The van der Waals surface area contributed by atoms with Crippen molar-refractivity contribution in [3.8, 4) is 0 Å². The van der Waals surface area contributed by atoms with Crippen LogP contribution in [0.4, 0.5) is 4.79 Å². The normalized spacial score (nSPS) is 17.8. The van der Waals surface area contributed by atoms with E-state index in [0.29, 0.717) is 0 Å². The molecule has 1 aliphatic rings. The van der Waals surface area contributed by atoms with Crippen LogP contribution in [-0.4, -0.2) is 46.9 Å². The average Bonchev–Trinajstić information content (AvgIpc) is 2.98. The standard InChI is InChI=1S/C12H18NO3.3C4H9.Sn/c1-8(2)9-6-7-10(14)13(9)11(15)16-12(3,4)5;3*1-3-4-2;/h7-9H,1-5H3;3*1,3-4H2,2H3;/t9-;;;;/m1..../s1. The quantitative estimate of drug-likeness (QED) is 0.276. The molecule has 1 atom stereocenters. The second kappa shape index (κ2) is 11.8. The third-order valence-electron chi connectivity index (χ3n) is 5.97. The van der Waals surface area contributed by atoms with Gasteiger partial charge >= 0.3 is 184 Å². The first-order valence-electron chi connectivity index (χ1n) is 11.8. The Hall–Kier alpha value is -0.521. The van der Waals surface area contributed by atoms with E-state index in [1.165, 1.54) is 60.3 Å². The van der Waals surface area contributed by atoms with Gasteiger partial charge in [-0.3, -0.25) is 0 Å². The van der Waals surface area contributed by atoms with Crippen molar-refractivity contribution >= 4 is 30.4 Å². The van der Waals surface area contributed by atoms with Crippen molar-refractivity contribution in [2.24, 2.45) is 5.92 Å². The zero-order chi connectivity index (χ0) is 22.2. The summed E-state index contributed by atoms with van der Waals surface area (Å²) in [6.45, 7) is 16.6.